The lowest BCUT2D eigenvalue weighted by Gasteiger charge is -2.30. The van der Waals surface area contributed by atoms with Gasteiger partial charge in [-0.3, -0.25) is 57.5 Å². The molecular formula is C48H67N13O17S3. The molecule has 15 N–H and O–H groups in total. The molecule has 2 aliphatic heterocycles. The summed E-state index contributed by atoms with van der Waals surface area (Å²) in [4.78, 5) is 178. The zero-order valence-electron chi connectivity index (χ0n) is 43.5. The molecule has 2 saturated heterocycles. The van der Waals surface area contributed by atoms with Gasteiger partial charge in [-0.15, -0.1) is 0 Å². The monoisotopic (exact) mass is 1190 g/mol. The quantitative estimate of drug-likeness (QED) is 0.0305. The van der Waals surface area contributed by atoms with Crippen molar-refractivity contribution in [2.24, 2.45) is 5.73 Å². The molecule has 33 heteroatoms. The number of nitrogens with two attached hydrogens (primary N) is 1. The van der Waals surface area contributed by atoms with Crippen LogP contribution < -0.4 is 48.3 Å². The number of thiol groups is 3. The molecule has 0 spiro atoms. The number of benzene rings is 1. The second-order valence-corrected chi connectivity index (χ2v) is 19.9. The van der Waals surface area contributed by atoms with Crippen LogP contribution >= 0.6 is 37.9 Å². The number of H-pyrrole nitrogens is 1. The fourth-order valence-corrected chi connectivity index (χ4v) is 9.25. The average Bonchev–Trinajstić information content (AvgIpc) is 4.28. The summed E-state index contributed by atoms with van der Waals surface area (Å²) >= 11 is 12.5. The van der Waals surface area contributed by atoms with Crippen molar-refractivity contribution in [3.8, 4) is 5.75 Å². The van der Waals surface area contributed by atoms with E-state index in [-0.39, 0.29) is 61.8 Å². The average molecular weight is 1190 g/mol. The van der Waals surface area contributed by atoms with Gasteiger partial charge in [0.25, 0.3) is 0 Å². The Hall–Kier alpha value is -7.65. The number of carbonyl (C=O) groups excluding carboxylic acids is 10. The summed E-state index contributed by atoms with van der Waals surface area (Å²) in [6.07, 6.45) is 1.07. The van der Waals surface area contributed by atoms with Gasteiger partial charge in [0.1, 0.15) is 54.1 Å². The molecule has 444 valence electrons. The van der Waals surface area contributed by atoms with Crippen molar-refractivity contribution in [2.45, 2.75) is 119 Å². The fourth-order valence-electron chi connectivity index (χ4n) is 8.58. The number of amides is 10. The second kappa shape index (κ2) is 32.6. The number of carbonyl (C=O) groups is 13. The van der Waals surface area contributed by atoms with Crippen LogP contribution in [0.3, 0.4) is 0 Å². The molecule has 2 fully saturated rings. The highest BCUT2D eigenvalue weighted by atomic mass is 32.1. The van der Waals surface area contributed by atoms with Gasteiger partial charge in [0.15, 0.2) is 0 Å². The summed E-state index contributed by atoms with van der Waals surface area (Å²) in [6.45, 7) is -1.36. The maximum absolute atomic E-state index is 14.2. The molecular weight excluding hydrogens is 1130 g/mol. The number of phenolic OH excluding ortho intramolecular Hbond substituents is 1. The molecule has 2 aliphatic rings. The van der Waals surface area contributed by atoms with E-state index >= 15 is 0 Å². The number of aromatic hydroxyl groups is 1. The summed E-state index contributed by atoms with van der Waals surface area (Å²) in [6, 6.07) is -6.16. The summed E-state index contributed by atoms with van der Waals surface area (Å²) in [5, 5.41) is 56.8. The number of aliphatic carboxylic acids is 3. The molecule has 0 bridgehead atoms. The topological polar surface area (TPSA) is 460 Å². The second-order valence-electron chi connectivity index (χ2n) is 18.8. The first-order valence-electron chi connectivity index (χ1n) is 25.4. The third kappa shape index (κ3) is 20.8. The first-order valence-corrected chi connectivity index (χ1v) is 27.3. The van der Waals surface area contributed by atoms with E-state index in [2.05, 4.69) is 90.4 Å². The zero-order valence-corrected chi connectivity index (χ0v) is 46.2. The largest absolute Gasteiger partial charge is 0.508 e. The molecule has 0 radical (unpaired) electrons. The number of hydrogen-bond donors (Lipinski definition) is 17. The molecule has 3 heterocycles. The lowest BCUT2D eigenvalue weighted by molar-refractivity contribution is -0.144. The predicted molar refractivity (Wildman–Crippen MR) is 292 cm³/mol. The number of nitrogens with one attached hydrogen (secondary N) is 9. The Kier molecular flexibility index (Phi) is 26.5. The molecule has 10 amide bonds. The molecule has 0 unspecified atom stereocenters. The minimum Gasteiger partial charge on any atom is -0.508 e. The van der Waals surface area contributed by atoms with Crippen molar-refractivity contribution in [3.63, 3.8) is 0 Å². The molecule has 1 aromatic heterocycles. The van der Waals surface area contributed by atoms with Gasteiger partial charge in [0.05, 0.1) is 25.5 Å². The Bertz CT molecular complexity index is 2600. The minimum atomic E-state index is -1.69. The molecule has 9 atom stereocenters. The van der Waals surface area contributed by atoms with Crippen LogP contribution in [0.25, 0.3) is 0 Å². The molecule has 0 aliphatic carbocycles. The van der Waals surface area contributed by atoms with E-state index in [9.17, 15) is 77.6 Å². The standard InChI is InChI=1S/C48H67N13O17S3/c49-27(20-79)40(69)58-32(21-80)43(72)57-30(15-24-5-7-26(62)8-6-24)42(71)59-33(22-81)47(76)61-14-2-4-35(61)45(74)52-19-37(64)55-31(16-25-17-50-23-53-25)46(75)60-13-1-3-34(60)44(73)51-18-36(63)54-28(9-11-38(65)66)41(70)56-29(48(77)78)10-12-39(67)68/h5-8,17,23,27-35,62,79-81H,1-4,9-16,18-22,49H2,(H,50,53)(H,51,73)(H,52,74)(H,54,63)(H,55,64)(H,56,70)(H,57,72)(H,58,69)(H,59,71)(H,65,66)(H,67,68)(H,77,78)/t27-,28-,29-,30-,31-,32-,33-,34-,35-/m0/s1. The molecule has 81 heavy (non-hydrogen) atoms. The van der Waals surface area contributed by atoms with Gasteiger partial charge < -0.3 is 83.5 Å². The Morgan fingerprint density at radius 2 is 1.06 bits per heavy atom. The first-order chi connectivity index (χ1) is 38.5. The number of hydrogen-bond acceptors (Lipinski definition) is 19. The van der Waals surface area contributed by atoms with Gasteiger partial charge in [0.2, 0.25) is 59.1 Å². The van der Waals surface area contributed by atoms with Crippen LogP contribution in [0.15, 0.2) is 36.8 Å². The van der Waals surface area contributed by atoms with Gasteiger partial charge in [0, 0.05) is 67.9 Å². The highest BCUT2D eigenvalue weighted by Crippen LogP contribution is 2.21. The van der Waals surface area contributed by atoms with E-state index < -0.39 is 170 Å². The van der Waals surface area contributed by atoms with Crippen molar-refractivity contribution in [2.75, 3.05) is 43.4 Å². The smallest absolute Gasteiger partial charge is 0.326 e. The predicted octanol–water partition coefficient (Wildman–Crippen LogP) is -5.05. The maximum atomic E-state index is 14.2. The van der Waals surface area contributed by atoms with E-state index in [0.29, 0.717) is 24.1 Å². The fraction of sp³-hybridized carbons (Fsp3) is 0.542. The van der Waals surface area contributed by atoms with E-state index in [1.54, 1.807) is 0 Å². The van der Waals surface area contributed by atoms with Gasteiger partial charge in [-0.25, -0.2) is 9.78 Å². The highest BCUT2D eigenvalue weighted by Gasteiger charge is 2.41. The lowest BCUT2D eigenvalue weighted by Crippen LogP contribution is -2.60. The third-order valence-corrected chi connectivity index (χ3v) is 14.0. The number of rotatable bonds is 32. The van der Waals surface area contributed by atoms with E-state index in [1.807, 2.05) is 0 Å². The Morgan fingerprint density at radius 1 is 0.593 bits per heavy atom. The van der Waals surface area contributed by atoms with Gasteiger partial charge >= 0.3 is 17.9 Å². The minimum absolute atomic E-state index is 0.0222. The van der Waals surface area contributed by atoms with Crippen molar-refractivity contribution < 1.29 is 82.8 Å². The maximum Gasteiger partial charge on any atom is 0.326 e. The normalized spacial score (nSPS) is 17.3. The van der Waals surface area contributed by atoms with Crippen LogP contribution in [-0.2, 0) is 75.2 Å². The Morgan fingerprint density at radius 3 is 1.56 bits per heavy atom. The number of aromatic nitrogens is 2. The molecule has 2 aromatic rings. The van der Waals surface area contributed by atoms with Crippen molar-refractivity contribution in [1.29, 1.82) is 0 Å². The Labute approximate surface area is 479 Å². The van der Waals surface area contributed by atoms with Crippen LogP contribution in [0.1, 0.15) is 62.6 Å². The number of nitrogens with zero attached hydrogens (tertiary/aromatic N) is 3. The summed E-state index contributed by atoms with van der Waals surface area (Å²) < 4.78 is 0. The number of carboxylic acids is 3. The van der Waals surface area contributed by atoms with Crippen LogP contribution in [-0.4, -0.2) is 215 Å². The number of aromatic amines is 1. The number of likely N-dealkylation sites (tertiary alicyclic amines) is 2. The van der Waals surface area contributed by atoms with Gasteiger partial charge in [-0.2, -0.15) is 37.9 Å². The number of carboxylic acid groups (broad SMARTS) is 3. The number of imidazole rings is 1. The highest BCUT2D eigenvalue weighted by molar-refractivity contribution is 7.80. The number of phenols is 1. The summed E-state index contributed by atoms with van der Waals surface area (Å²) in [7, 11) is 0. The van der Waals surface area contributed by atoms with Crippen molar-refractivity contribution in [3.05, 3.63) is 48.0 Å². The van der Waals surface area contributed by atoms with Gasteiger partial charge in [-0.05, 0) is 56.2 Å². The first kappa shape index (κ1) is 65.9. The third-order valence-electron chi connectivity index (χ3n) is 12.9. The van der Waals surface area contributed by atoms with E-state index in [1.165, 1.54) is 46.6 Å². The van der Waals surface area contributed by atoms with Crippen LogP contribution in [0.2, 0.25) is 0 Å². The zero-order chi connectivity index (χ0) is 59.9. The van der Waals surface area contributed by atoms with E-state index in [4.69, 9.17) is 10.8 Å². The molecule has 1 aromatic carbocycles. The van der Waals surface area contributed by atoms with Crippen LogP contribution in [0, 0.1) is 0 Å². The molecule has 0 saturated carbocycles. The van der Waals surface area contributed by atoms with Crippen LogP contribution in [0.5, 0.6) is 5.75 Å². The SMILES string of the molecule is N[C@@H](CS)C(=O)N[C@@H](CS)C(=O)N[C@@H](Cc1ccc(O)cc1)C(=O)N[C@@H](CS)C(=O)N1CCC[C@H]1C(=O)NCC(=O)N[C@@H](Cc1cnc[nH]1)C(=O)N1CCC[C@H]1C(=O)NCC(=O)N[C@@H](CCC(=O)O)C(=O)N[C@@H](CCC(=O)O)C(=O)O. The van der Waals surface area contributed by atoms with Gasteiger partial charge in [-0.1, -0.05) is 12.1 Å². The van der Waals surface area contributed by atoms with Crippen molar-refractivity contribution >= 4 is 115 Å². The summed E-state index contributed by atoms with van der Waals surface area (Å²) in [5.74, 6) is -13.1. The Balaban J connectivity index is 1.39. The summed E-state index contributed by atoms with van der Waals surface area (Å²) in [5.41, 5.74) is 6.64. The lowest BCUT2D eigenvalue weighted by atomic mass is 10.0. The van der Waals surface area contributed by atoms with E-state index in [0.717, 1.165) is 0 Å². The van der Waals surface area contributed by atoms with Crippen LogP contribution in [0.4, 0.5) is 0 Å². The van der Waals surface area contributed by atoms with Crippen molar-refractivity contribution in [1.82, 2.24) is 62.3 Å². The molecule has 30 nitrogen and oxygen atoms in total. The molecule has 4 rings (SSSR count).